The van der Waals surface area contributed by atoms with Crippen molar-refractivity contribution in [3.63, 3.8) is 0 Å². The topological polar surface area (TPSA) is 68.2 Å². The Morgan fingerprint density at radius 2 is 1.95 bits per heavy atom. The highest BCUT2D eigenvalue weighted by atomic mass is 35.5. The minimum Gasteiger partial charge on any atom is -0.338 e. The molecule has 1 aliphatic rings. The van der Waals surface area contributed by atoms with Gasteiger partial charge in [-0.15, -0.1) is 12.4 Å². The molecule has 5 nitrogen and oxygen atoms in total. The molecule has 0 amide bonds. The molecule has 3 rings (SSSR count). The predicted octanol–water partition coefficient (Wildman–Crippen LogP) is 2.11. The van der Waals surface area contributed by atoms with Gasteiger partial charge in [-0.2, -0.15) is 4.98 Å². The molecule has 1 aromatic carbocycles. The Balaban J connectivity index is 0.00000147. The number of benzene rings is 1. The van der Waals surface area contributed by atoms with E-state index in [1.54, 1.807) is 0 Å². The number of hydrogen-bond acceptors (Lipinski definition) is 5. The second-order valence-corrected chi connectivity index (χ2v) is 4.93. The summed E-state index contributed by atoms with van der Waals surface area (Å²) in [6.45, 7) is 1.95. The minimum absolute atomic E-state index is 0. The van der Waals surface area contributed by atoms with Gasteiger partial charge in [-0.3, -0.25) is 4.90 Å². The number of halogens is 1. The summed E-state index contributed by atoms with van der Waals surface area (Å²) in [7, 11) is 0. The lowest BCUT2D eigenvalue weighted by atomic mass is 10.2. The Morgan fingerprint density at radius 1 is 1.20 bits per heavy atom. The molecule has 1 fully saturated rings. The van der Waals surface area contributed by atoms with Gasteiger partial charge in [0.05, 0.1) is 13.1 Å². The van der Waals surface area contributed by atoms with E-state index in [0.29, 0.717) is 18.5 Å². The summed E-state index contributed by atoms with van der Waals surface area (Å²) in [5, 5.41) is 3.97. The van der Waals surface area contributed by atoms with Crippen LogP contribution < -0.4 is 5.73 Å². The molecule has 0 radical (unpaired) electrons. The zero-order valence-corrected chi connectivity index (χ0v) is 12.1. The third-order valence-electron chi connectivity index (χ3n) is 3.32. The zero-order valence-electron chi connectivity index (χ0n) is 11.2. The van der Waals surface area contributed by atoms with Gasteiger partial charge < -0.3 is 10.3 Å². The highest BCUT2D eigenvalue weighted by Crippen LogP contribution is 2.29. The van der Waals surface area contributed by atoms with Crippen LogP contribution >= 0.6 is 12.4 Å². The molecule has 20 heavy (non-hydrogen) atoms. The van der Waals surface area contributed by atoms with Crippen molar-refractivity contribution in [2.24, 2.45) is 5.73 Å². The molecule has 2 N–H and O–H groups in total. The average Bonchev–Trinajstić information content (AvgIpc) is 3.20. The van der Waals surface area contributed by atoms with Crippen molar-refractivity contribution < 1.29 is 4.52 Å². The summed E-state index contributed by atoms with van der Waals surface area (Å²) in [6, 6.07) is 11.1. The van der Waals surface area contributed by atoms with Gasteiger partial charge in [0.25, 0.3) is 0 Å². The molecular formula is C14H19ClN4O. The van der Waals surface area contributed by atoms with E-state index < -0.39 is 0 Å². The predicted molar refractivity (Wildman–Crippen MR) is 78.1 cm³/mol. The first-order valence-electron chi connectivity index (χ1n) is 6.64. The maximum atomic E-state index is 5.48. The van der Waals surface area contributed by atoms with Gasteiger partial charge in [0.1, 0.15) is 0 Å². The lowest BCUT2D eigenvalue weighted by molar-refractivity contribution is 0.235. The normalized spacial score (nSPS) is 14.3. The minimum atomic E-state index is 0. The van der Waals surface area contributed by atoms with Crippen molar-refractivity contribution in [3.8, 4) is 0 Å². The van der Waals surface area contributed by atoms with Crippen LogP contribution in [0.2, 0.25) is 0 Å². The standard InChI is InChI=1S/C14H18N4O.ClH/c15-8-14-16-13(17-19-14)10-18(12-6-7-12)9-11-4-2-1-3-5-11;/h1-5,12H,6-10,15H2;1H. The third-order valence-corrected chi connectivity index (χ3v) is 3.32. The van der Waals surface area contributed by atoms with E-state index in [1.807, 2.05) is 6.07 Å². The fourth-order valence-electron chi connectivity index (χ4n) is 2.19. The Morgan fingerprint density at radius 3 is 2.55 bits per heavy atom. The van der Waals surface area contributed by atoms with E-state index in [2.05, 4.69) is 39.3 Å². The van der Waals surface area contributed by atoms with E-state index in [-0.39, 0.29) is 12.4 Å². The quantitative estimate of drug-likeness (QED) is 0.884. The summed E-state index contributed by atoms with van der Waals surface area (Å²) in [5.74, 6) is 1.23. The molecule has 2 aromatic rings. The van der Waals surface area contributed by atoms with Crippen molar-refractivity contribution >= 4 is 12.4 Å². The fourth-order valence-corrected chi connectivity index (χ4v) is 2.19. The maximum absolute atomic E-state index is 5.48. The molecule has 1 saturated carbocycles. The van der Waals surface area contributed by atoms with Gasteiger partial charge in [-0.1, -0.05) is 35.5 Å². The first-order chi connectivity index (χ1) is 9.35. The summed E-state index contributed by atoms with van der Waals surface area (Å²) in [4.78, 5) is 6.68. The van der Waals surface area contributed by atoms with Crippen LogP contribution in [-0.2, 0) is 19.6 Å². The fraction of sp³-hybridized carbons (Fsp3) is 0.429. The van der Waals surface area contributed by atoms with E-state index >= 15 is 0 Å². The third kappa shape index (κ3) is 3.79. The van der Waals surface area contributed by atoms with Crippen LogP contribution in [-0.4, -0.2) is 21.1 Å². The van der Waals surface area contributed by atoms with Crippen LogP contribution in [0.15, 0.2) is 34.9 Å². The average molecular weight is 295 g/mol. The lowest BCUT2D eigenvalue weighted by Gasteiger charge is -2.20. The smallest absolute Gasteiger partial charge is 0.240 e. The summed E-state index contributed by atoms with van der Waals surface area (Å²) in [6.07, 6.45) is 2.52. The van der Waals surface area contributed by atoms with Crippen LogP contribution in [0.5, 0.6) is 0 Å². The van der Waals surface area contributed by atoms with E-state index in [1.165, 1.54) is 18.4 Å². The molecule has 0 spiro atoms. The molecule has 0 atom stereocenters. The molecule has 1 heterocycles. The van der Waals surface area contributed by atoms with Gasteiger partial charge in [0.2, 0.25) is 5.89 Å². The first kappa shape index (κ1) is 15.0. The monoisotopic (exact) mass is 294 g/mol. The maximum Gasteiger partial charge on any atom is 0.240 e. The van der Waals surface area contributed by atoms with Gasteiger partial charge in [0.15, 0.2) is 5.82 Å². The number of hydrogen-bond donors (Lipinski definition) is 1. The first-order valence-corrected chi connectivity index (χ1v) is 6.64. The van der Waals surface area contributed by atoms with Crippen LogP contribution in [0.25, 0.3) is 0 Å². The molecule has 0 aliphatic heterocycles. The SMILES string of the molecule is Cl.NCc1nc(CN(Cc2ccccc2)C2CC2)no1. The molecule has 1 aromatic heterocycles. The molecule has 6 heteroatoms. The Hall–Kier alpha value is -1.43. The molecule has 0 saturated heterocycles. The van der Waals surface area contributed by atoms with Gasteiger partial charge in [-0.25, -0.2) is 0 Å². The van der Waals surface area contributed by atoms with Crippen LogP contribution in [0.4, 0.5) is 0 Å². The molecule has 0 bridgehead atoms. The summed E-state index contributed by atoms with van der Waals surface area (Å²) >= 11 is 0. The van der Waals surface area contributed by atoms with Crippen LogP contribution in [0, 0.1) is 0 Å². The largest absolute Gasteiger partial charge is 0.338 e. The second-order valence-electron chi connectivity index (χ2n) is 4.93. The molecule has 1 aliphatic carbocycles. The Labute approximate surface area is 124 Å². The molecule has 0 unspecified atom stereocenters. The number of nitrogens with zero attached hydrogens (tertiary/aromatic N) is 3. The highest BCUT2D eigenvalue weighted by Gasteiger charge is 2.29. The highest BCUT2D eigenvalue weighted by molar-refractivity contribution is 5.85. The second kappa shape index (κ2) is 6.83. The number of aromatic nitrogens is 2. The summed E-state index contributed by atoms with van der Waals surface area (Å²) < 4.78 is 5.05. The van der Waals surface area contributed by atoms with Crippen LogP contribution in [0.1, 0.15) is 30.1 Å². The van der Waals surface area contributed by atoms with Crippen molar-refractivity contribution in [2.45, 2.75) is 38.5 Å². The van der Waals surface area contributed by atoms with Gasteiger partial charge >= 0.3 is 0 Å². The van der Waals surface area contributed by atoms with E-state index in [4.69, 9.17) is 10.3 Å². The Bertz CT molecular complexity index is 527. The van der Waals surface area contributed by atoms with Crippen molar-refractivity contribution in [1.82, 2.24) is 15.0 Å². The van der Waals surface area contributed by atoms with Gasteiger partial charge in [-0.05, 0) is 18.4 Å². The van der Waals surface area contributed by atoms with E-state index in [9.17, 15) is 0 Å². The van der Waals surface area contributed by atoms with Crippen molar-refractivity contribution in [1.29, 1.82) is 0 Å². The van der Waals surface area contributed by atoms with Crippen molar-refractivity contribution in [3.05, 3.63) is 47.6 Å². The van der Waals surface area contributed by atoms with Crippen LogP contribution in [0.3, 0.4) is 0 Å². The number of nitrogens with two attached hydrogens (primary N) is 1. The van der Waals surface area contributed by atoms with E-state index in [0.717, 1.165) is 18.9 Å². The molecular weight excluding hydrogens is 276 g/mol. The van der Waals surface area contributed by atoms with Crippen molar-refractivity contribution in [2.75, 3.05) is 0 Å². The lowest BCUT2D eigenvalue weighted by Crippen LogP contribution is -2.25. The number of rotatable bonds is 6. The molecule has 108 valence electrons. The van der Waals surface area contributed by atoms with Gasteiger partial charge in [0, 0.05) is 12.6 Å². The summed E-state index contributed by atoms with van der Waals surface area (Å²) in [5.41, 5.74) is 6.80. The Kier molecular flexibility index (Phi) is 5.11. The zero-order chi connectivity index (χ0) is 13.1.